The van der Waals surface area contributed by atoms with Gasteiger partial charge in [0.1, 0.15) is 0 Å². The molecular weight excluding hydrogens is 507 g/mol. The zero-order valence-electron chi connectivity index (χ0n) is 19.4. The van der Waals surface area contributed by atoms with Crippen molar-refractivity contribution in [3.63, 3.8) is 0 Å². The second-order valence-corrected chi connectivity index (χ2v) is 11.3. The van der Waals surface area contributed by atoms with Crippen molar-refractivity contribution in [2.45, 2.75) is 34.4 Å². The normalized spacial score (nSPS) is 15.5. The Morgan fingerprint density at radius 2 is 1.67 bits per heavy atom. The van der Waals surface area contributed by atoms with Crippen molar-refractivity contribution in [2.75, 3.05) is 17.1 Å². The van der Waals surface area contributed by atoms with Gasteiger partial charge in [0.15, 0.2) is 0 Å². The Kier molecular flexibility index (Phi) is 7.41. The van der Waals surface area contributed by atoms with Gasteiger partial charge in [-0.15, -0.1) is 11.8 Å². The number of thioether (sulfide) groups is 1. The number of benzene rings is 3. The van der Waals surface area contributed by atoms with Crippen LogP contribution in [0.15, 0.2) is 88.7 Å². The molecule has 1 aliphatic carbocycles. The summed E-state index contributed by atoms with van der Waals surface area (Å²) in [7, 11) is -4.04. The first-order chi connectivity index (χ1) is 17.0. The van der Waals surface area contributed by atoms with Crippen molar-refractivity contribution in [2.24, 2.45) is 5.92 Å². The predicted molar refractivity (Wildman–Crippen MR) is 135 cm³/mol. The molecular formula is C27H24F3NO3S2. The molecule has 1 saturated carbocycles. The van der Waals surface area contributed by atoms with Crippen molar-refractivity contribution in [3.8, 4) is 11.8 Å². The maximum absolute atomic E-state index is 14.2. The minimum Gasteiger partial charge on any atom is -0.366 e. The van der Waals surface area contributed by atoms with Crippen LogP contribution in [0.4, 0.5) is 18.9 Å². The van der Waals surface area contributed by atoms with Gasteiger partial charge in [0, 0.05) is 22.6 Å². The molecule has 1 atom stereocenters. The number of aliphatic hydroxyl groups is 1. The van der Waals surface area contributed by atoms with Crippen LogP contribution in [0, 0.1) is 17.8 Å². The maximum Gasteiger partial charge on any atom is 0.433 e. The van der Waals surface area contributed by atoms with Gasteiger partial charge in [-0.05, 0) is 79.5 Å². The standard InChI is InChI=1S/C27H24F3NO3S2/c1-35-24-14-12-20(13-15-24)16-17-26(32,27(28,29)30)22-6-5-7-23(18-22)31(19-21-10-11-21)36(33,34)25-8-3-2-4-9-25/h2-9,12-15,18,21,32H,10-11,19H2,1H3. The lowest BCUT2D eigenvalue weighted by atomic mass is 9.92. The lowest BCUT2D eigenvalue weighted by Gasteiger charge is -2.29. The van der Waals surface area contributed by atoms with Crippen LogP contribution in [0.1, 0.15) is 24.0 Å². The zero-order valence-corrected chi connectivity index (χ0v) is 21.0. The van der Waals surface area contributed by atoms with E-state index in [1.807, 2.05) is 12.2 Å². The minimum absolute atomic E-state index is 0.0376. The Balaban J connectivity index is 1.77. The summed E-state index contributed by atoms with van der Waals surface area (Å²) in [5.41, 5.74) is -3.70. The van der Waals surface area contributed by atoms with E-state index >= 15 is 0 Å². The molecule has 1 fully saturated rings. The summed E-state index contributed by atoms with van der Waals surface area (Å²) in [6.07, 6.45) is -1.57. The first-order valence-electron chi connectivity index (χ1n) is 11.2. The third-order valence-corrected chi connectivity index (χ3v) is 8.44. The van der Waals surface area contributed by atoms with E-state index in [4.69, 9.17) is 0 Å². The van der Waals surface area contributed by atoms with E-state index in [1.54, 1.807) is 42.5 Å². The van der Waals surface area contributed by atoms with Crippen LogP contribution in [-0.4, -0.2) is 32.5 Å². The van der Waals surface area contributed by atoms with E-state index in [2.05, 4.69) is 5.92 Å². The Labute approximate surface area is 213 Å². The van der Waals surface area contributed by atoms with E-state index in [0.717, 1.165) is 34.2 Å². The number of sulfonamides is 1. The minimum atomic E-state index is -5.13. The van der Waals surface area contributed by atoms with Crippen molar-refractivity contribution in [1.82, 2.24) is 0 Å². The Morgan fingerprint density at radius 3 is 2.25 bits per heavy atom. The summed E-state index contributed by atoms with van der Waals surface area (Å²) in [5, 5.41) is 10.8. The molecule has 0 saturated heterocycles. The van der Waals surface area contributed by atoms with Crippen LogP contribution in [-0.2, 0) is 15.6 Å². The van der Waals surface area contributed by atoms with Crippen LogP contribution in [0.2, 0.25) is 0 Å². The molecule has 0 radical (unpaired) electrons. The fourth-order valence-corrected chi connectivity index (χ4v) is 5.59. The second kappa shape index (κ2) is 10.2. The molecule has 0 heterocycles. The summed E-state index contributed by atoms with van der Waals surface area (Å²) in [5.74, 6) is 4.55. The van der Waals surface area contributed by atoms with Gasteiger partial charge in [-0.2, -0.15) is 13.2 Å². The second-order valence-electron chi connectivity index (χ2n) is 8.53. The largest absolute Gasteiger partial charge is 0.433 e. The van der Waals surface area contributed by atoms with Crippen LogP contribution < -0.4 is 4.31 Å². The zero-order chi connectivity index (χ0) is 26.0. The summed E-state index contributed by atoms with van der Waals surface area (Å²) < 4.78 is 70.5. The van der Waals surface area contributed by atoms with Crippen LogP contribution in [0.25, 0.3) is 0 Å². The van der Waals surface area contributed by atoms with Crippen molar-refractivity contribution in [3.05, 3.63) is 90.0 Å². The number of alkyl halides is 3. The van der Waals surface area contributed by atoms with E-state index in [9.17, 15) is 26.7 Å². The number of hydrogen-bond acceptors (Lipinski definition) is 4. The topological polar surface area (TPSA) is 57.6 Å². The van der Waals surface area contributed by atoms with Gasteiger partial charge < -0.3 is 5.11 Å². The molecule has 0 bridgehead atoms. The van der Waals surface area contributed by atoms with Gasteiger partial charge in [-0.3, -0.25) is 4.31 Å². The summed E-state index contributed by atoms with van der Waals surface area (Å²) in [6, 6.07) is 19.2. The quantitative estimate of drug-likeness (QED) is 0.309. The average molecular weight is 532 g/mol. The lowest BCUT2D eigenvalue weighted by molar-refractivity contribution is -0.240. The Hall–Kier alpha value is -2.93. The summed E-state index contributed by atoms with van der Waals surface area (Å²) in [6.45, 7) is 0.137. The number of nitrogens with zero attached hydrogens (tertiary/aromatic N) is 1. The van der Waals surface area contributed by atoms with Gasteiger partial charge in [0.2, 0.25) is 5.60 Å². The molecule has 1 aliphatic rings. The molecule has 1 unspecified atom stereocenters. The van der Waals surface area contributed by atoms with Crippen molar-refractivity contribution >= 4 is 27.5 Å². The smallest absolute Gasteiger partial charge is 0.366 e. The van der Waals surface area contributed by atoms with E-state index in [0.29, 0.717) is 5.56 Å². The van der Waals surface area contributed by atoms with Gasteiger partial charge in [0.05, 0.1) is 10.6 Å². The highest BCUT2D eigenvalue weighted by atomic mass is 32.2. The van der Waals surface area contributed by atoms with Gasteiger partial charge in [-0.1, -0.05) is 36.3 Å². The SMILES string of the molecule is CSc1ccc(C#CC(O)(c2cccc(N(CC3CC3)S(=O)(=O)c3ccccc3)c2)C(F)(F)F)cc1. The molecule has 0 aromatic heterocycles. The van der Waals surface area contributed by atoms with Gasteiger partial charge >= 0.3 is 6.18 Å². The maximum atomic E-state index is 14.2. The highest BCUT2D eigenvalue weighted by molar-refractivity contribution is 7.98. The molecule has 0 spiro atoms. The molecule has 3 aromatic carbocycles. The molecule has 0 amide bonds. The van der Waals surface area contributed by atoms with Crippen molar-refractivity contribution < 1.29 is 26.7 Å². The predicted octanol–water partition coefficient (Wildman–Crippen LogP) is 5.82. The molecule has 0 aliphatic heterocycles. The first kappa shape index (κ1) is 26.1. The van der Waals surface area contributed by atoms with Crippen LogP contribution in [0.3, 0.4) is 0 Å². The lowest BCUT2D eigenvalue weighted by Crippen LogP contribution is -2.41. The third kappa shape index (κ3) is 5.56. The molecule has 9 heteroatoms. The van der Waals surface area contributed by atoms with Crippen LogP contribution >= 0.6 is 11.8 Å². The number of halogens is 3. The highest BCUT2D eigenvalue weighted by Gasteiger charge is 2.54. The number of rotatable bonds is 7. The van der Waals surface area contributed by atoms with E-state index in [-0.39, 0.29) is 23.0 Å². The third-order valence-electron chi connectivity index (χ3n) is 5.89. The average Bonchev–Trinajstić information content (AvgIpc) is 3.70. The number of hydrogen-bond donors (Lipinski definition) is 1. The number of anilines is 1. The Bertz CT molecular complexity index is 1380. The van der Waals surface area contributed by atoms with E-state index in [1.165, 1.54) is 36.0 Å². The summed E-state index contributed by atoms with van der Waals surface area (Å²) in [4.78, 5) is 0.963. The van der Waals surface area contributed by atoms with Crippen LogP contribution in [0.5, 0.6) is 0 Å². The fraction of sp³-hybridized carbons (Fsp3) is 0.259. The van der Waals surface area contributed by atoms with Gasteiger partial charge in [0.25, 0.3) is 10.0 Å². The monoisotopic (exact) mass is 531 g/mol. The molecule has 188 valence electrons. The van der Waals surface area contributed by atoms with E-state index < -0.39 is 27.4 Å². The molecule has 1 N–H and O–H groups in total. The first-order valence-corrected chi connectivity index (χ1v) is 13.9. The fourth-order valence-electron chi connectivity index (χ4n) is 3.63. The Morgan fingerprint density at radius 1 is 1.00 bits per heavy atom. The highest BCUT2D eigenvalue weighted by Crippen LogP contribution is 2.41. The molecule has 4 nitrogen and oxygen atoms in total. The molecule has 3 aromatic rings. The van der Waals surface area contributed by atoms with Gasteiger partial charge in [-0.25, -0.2) is 8.42 Å². The molecule has 4 rings (SSSR count). The summed E-state index contributed by atoms with van der Waals surface area (Å²) >= 11 is 1.48. The van der Waals surface area contributed by atoms with Crippen molar-refractivity contribution in [1.29, 1.82) is 0 Å². The molecule has 36 heavy (non-hydrogen) atoms.